The van der Waals surface area contributed by atoms with Gasteiger partial charge in [-0.1, -0.05) is 29.8 Å². The van der Waals surface area contributed by atoms with Crippen LogP contribution in [0, 0.1) is 20.8 Å². The number of hydrogen-bond acceptors (Lipinski definition) is 2. The summed E-state index contributed by atoms with van der Waals surface area (Å²) in [7, 11) is 0. The summed E-state index contributed by atoms with van der Waals surface area (Å²) in [6, 6.07) is 12.5. The summed E-state index contributed by atoms with van der Waals surface area (Å²) in [5.41, 5.74) is 6.58. The van der Waals surface area contributed by atoms with Crippen molar-refractivity contribution in [2.24, 2.45) is 0 Å². The Balaban J connectivity index is 1.96. The van der Waals surface area contributed by atoms with Crippen LogP contribution in [0.1, 0.15) is 28.1 Å². The van der Waals surface area contributed by atoms with Gasteiger partial charge in [0.25, 0.3) is 0 Å². The van der Waals surface area contributed by atoms with E-state index in [2.05, 4.69) is 38.1 Å². The maximum Gasteiger partial charge on any atom is 0.323 e. The lowest BCUT2D eigenvalue weighted by molar-refractivity contribution is -0.137. The third kappa shape index (κ3) is 3.32. The second kappa shape index (κ2) is 6.48. The van der Waals surface area contributed by atoms with E-state index in [1.165, 1.54) is 16.7 Å². The molecule has 0 aliphatic carbocycles. The number of aliphatic carboxylic acids is 1. The number of carboxylic acid groups (broad SMARTS) is 1. The molecule has 124 valence electrons. The summed E-state index contributed by atoms with van der Waals surface area (Å²) >= 11 is 0. The summed E-state index contributed by atoms with van der Waals surface area (Å²) in [5, 5.41) is 9.26. The molecule has 4 heteroatoms. The van der Waals surface area contributed by atoms with Gasteiger partial charge in [-0.3, -0.25) is 4.79 Å². The first-order valence-electron chi connectivity index (χ1n) is 8.18. The quantitative estimate of drug-likeness (QED) is 0.776. The number of rotatable bonds is 5. The number of carboxylic acids is 1. The Morgan fingerprint density at radius 3 is 2.38 bits per heavy atom. The topological polar surface area (TPSA) is 55.1 Å². The van der Waals surface area contributed by atoms with E-state index in [1.54, 1.807) is 0 Å². The maximum atomic E-state index is 11.3. The van der Waals surface area contributed by atoms with Crippen LogP contribution in [0.25, 0.3) is 11.0 Å². The van der Waals surface area contributed by atoms with Crippen LogP contribution in [-0.4, -0.2) is 20.6 Å². The van der Waals surface area contributed by atoms with Crippen LogP contribution in [0.5, 0.6) is 0 Å². The molecule has 0 fully saturated rings. The van der Waals surface area contributed by atoms with E-state index in [0.717, 1.165) is 35.3 Å². The van der Waals surface area contributed by atoms with Crippen LogP contribution < -0.4 is 0 Å². The first-order chi connectivity index (χ1) is 11.4. The second-order valence-corrected chi connectivity index (χ2v) is 6.42. The van der Waals surface area contributed by atoms with Crippen LogP contribution in [0.2, 0.25) is 0 Å². The Hall–Kier alpha value is -2.62. The van der Waals surface area contributed by atoms with Gasteiger partial charge in [-0.2, -0.15) is 0 Å². The second-order valence-electron chi connectivity index (χ2n) is 6.42. The van der Waals surface area contributed by atoms with Gasteiger partial charge in [0, 0.05) is 6.42 Å². The van der Waals surface area contributed by atoms with Crippen molar-refractivity contribution in [3.05, 3.63) is 64.5 Å². The van der Waals surface area contributed by atoms with Crippen molar-refractivity contribution in [1.29, 1.82) is 0 Å². The Kier molecular flexibility index (Phi) is 4.38. The highest BCUT2D eigenvalue weighted by molar-refractivity contribution is 5.80. The standard InChI is InChI=1S/C20H22N2O2/c1-13-4-6-16(7-5-13)8-9-19-21-17-10-14(2)15(3)11-18(17)22(19)12-20(23)24/h4-7,10-11H,8-9,12H2,1-3H3,(H,23,24). The predicted molar refractivity (Wildman–Crippen MR) is 95.4 cm³/mol. The molecule has 0 aliphatic rings. The SMILES string of the molecule is Cc1ccc(CCc2nc3cc(C)c(C)cc3n2CC(=O)O)cc1. The molecule has 0 aliphatic heterocycles. The van der Waals surface area contributed by atoms with Gasteiger partial charge in [0.05, 0.1) is 11.0 Å². The molecule has 4 nitrogen and oxygen atoms in total. The third-order valence-electron chi connectivity index (χ3n) is 4.49. The summed E-state index contributed by atoms with van der Waals surface area (Å²) in [6.45, 7) is 6.11. The average Bonchev–Trinajstić information content (AvgIpc) is 2.84. The van der Waals surface area contributed by atoms with E-state index < -0.39 is 5.97 Å². The van der Waals surface area contributed by atoms with Crippen molar-refractivity contribution in [1.82, 2.24) is 9.55 Å². The Bertz CT molecular complexity index is 892. The Morgan fingerprint density at radius 1 is 1.04 bits per heavy atom. The lowest BCUT2D eigenvalue weighted by atomic mass is 10.1. The highest BCUT2D eigenvalue weighted by atomic mass is 16.4. The molecule has 24 heavy (non-hydrogen) atoms. The number of benzene rings is 2. The normalized spacial score (nSPS) is 11.1. The van der Waals surface area contributed by atoms with E-state index in [-0.39, 0.29) is 6.54 Å². The van der Waals surface area contributed by atoms with Gasteiger partial charge in [0.15, 0.2) is 0 Å². The minimum atomic E-state index is -0.843. The minimum absolute atomic E-state index is 0.0533. The Morgan fingerprint density at radius 2 is 1.71 bits per heavy atom. The van der Waals surface area contributed by atoms with E-state index in [4.69, 9.17) is 4.98 Å². The first kappa shape index (κ1) is 16.2. The molecule has 1 aromatic heterocycles. The fraction of sp³-hybridized carbons (Fsp3) is 0.300. The smallest absolute Gasteiger partial charge is 0.323 e. The Labute approximate surface area is 141 Å². The van der Waals surface area contributed by atoms with E-state index >= 15 is 0 Å². The van der Waals surface area contributed by atoms with Crippen molar-refractivity contribution in [3.63, 3.8) is 0 Å². The highest BCUT2D eigenvalue weighted by Gasteiger charge is 2.14. The molecule has 0 atom stereocenters. The van der Waals surface area contributed by atoms with Crippen LogP contribution in [0.15, 0.2) is 36.4 Å². The molecule has 1 N–H and O–H groups in total. The van der Waals surface area contributed by atoms with Crippen LogP contribution in [0.4, 0.5) is 0 Å². The van der Waals surface area contributed by atoms with Gasteiger partial charge in [0.2, 0.25) is 0 Å². The number of nitrogens with zero attached hydrogens (tertiary/aromatic N) is 2. The van der Waals surface area contributed by atoms with Crippen molar-refractivity contribution in [3.8, 4) is 0 Å². The zero-order valence-corrected chi connectivity index (χ0v) is 14.3. The molecular formula is C20H22N2O2. The molecule has 0 amide bonds. The number of carbonyl (C=O) groups is 1. The molecule has 3 rings (SSSR count). The predicted octanol–water partition coefficient (Wildman–Crippen LogP) is 3.83. The fourth-order valence-electron chi connectivity index (χ4n) is 2.94. The van der Waals surface area contributed by atoms with Crippen molar-refractivity contribution in [2.75, 3.05) is 0 Å². The van der Waals surface area contributed by atoms with Crippen molar-refractivity contribution >= 4 is 17.0 Å². The number of aryl methyl sites for hydroxylation is 5. The van der Waals surface area contributed by atoms with Crippen LogP contribution in [0.3, 0.4) is 0 Å². The van der Waals surface area contributed by atoms with Crippen LogP contribution >= 0.6 is 0 Å². The molecule has 0 bridgehead atoms. The largest absolute Gasteiger partial charge is 0.480 e. The van der Waals surface area contributed by atoms with E-state index in [0.29, 0.717) is 0 Å². The molecule has 0 saturated heterocycles. The molecule has 0 unspecified atom stereocenters. The molecule has 2 aromatic carbocycles. The molecule has 0 saturated carbocycles. The monoisotopic (exact) mass is 322 g/mol. The zero-order valence-electron chi connectivity index (χ0n) is 14.3. The van der Waals surface area contributed by atoms with Gasteiger partial charge in [-0.15, -0.1) is 0 Å². The van der Waals surface area contributed by atoms with Gasteiger partial charge in [-0.25, -0.2) is 4.98 Å². The molecule has 3 aromatic rings. The van der Waals surface area contributed by atoms with Crippen molar-refractivity contribution in [2.45, 2.75) is 40.2 Å². The number of fused-ring (bicyclic) bond motifs is 1. The van der Waals surface area contributed by atoms with Gasteiger partial charge in [0.1, 0.15) is 12.4 Å². The fourth-order valence-corrected chi connectivity index (χ4v) is 2.94. The van der Waals surface area contributed by atoms with Gasteiger partial charge >= 0.3 is 5.97 Å². The first-order valence-corrected chi connectivity index (χ1v) is 8.18. The molecule has 0 spiro atoms. The third-order valence-corrected chi connectivity index (χ3v) is 4.49. The maximum absolute atomic E-state index is 11.3. The van der Waals surface area contributed by atoms with Crippen molar-refractivity contribution < 1.29 is 9.90 Å². The lowest BCUT2D eigenvalue weighted by Gasteiger charge is -2.07. The van der Waals surface area contributed by atoms with Crippen LogP contribution in [-0.2, 0) is 24.2 Å². The lowest BCUT2D eigenvalue weighted by Crippen LogP contribution is -2.12. The number of imidazole rings is 1. The van der Waals surface area contributed by atoms with E-state index in [1.807, 2.05) is 23.6 Å². The van der Waals surface area contributed by atoms with Gasteiger partial charge < -0.3 is 9.67 Å². The molecule has 0 radical (unpaired) electrons. The zero-order chi connectivity index (χ0) is 17.3. The number of aromatic nitrogens is 2. The minimum Gasteiger partial charge on any atom is -0.480 e. The van der Waals surface area contributed by atoms with Gasteiger partial charge in [-0.05, 0) is 56.0 Å². The average molecular weight is 322 g/mol. The number of hydrogen-bond donors (Lipinski definition) is 1. The van der Waals surface area contributed by atoms with E-state index in [9.17, 15) is 9.90 Å². The summed E-state index contributed by atoms with van der Waals surface area (Å²) in [6.07, 6.45) is 1.57. The molecular weight excluding hydrogens is 300 g/mol. The molecule has 1 heterocycles. The summed E-state index contributed by atoms with van der Waals surface area (Å²) < 4.78 is 1.83. The summed E-state index contributed by atoms with van der Waals surface area (Å²) in [4.78, 5) is 16.0. The summed E-state index contributed by atoms with van der Waals surface area (Å²) in [5.74, 6) is -0.0120. The highest BCUT2D eigenvalue weighted by Crippen LogP contribution is 2.22.